The molecule has 0 atom stereocenters. The SMILES string of the molecule is COc1ccc(N2CCN(C=C3C(=O)NC(=O)NC3=O)CC2)cc1. The number of barbiturate groups is 1. The van der Waals surface area contributed by atoms with Crippen molar-refractivity contribution in [1.82, 2.24) is 15.5 Å². The van der Waals surface area contributed by atoms with Crippen molar-refractivity contribution in [3.8, 4) is 5.75 Å². The maximum absolute atomic E-state index is 11.7. The molecule has 0 unspecified atom stereocenters. The number of anilines is 1. The van der Waals surface area contributed by atoms with Gasteiger partial charge >= 0.3 is 6.03 Å². The third kappa shape index (κ3) is 3.32. The number of hydrogen-bond donors (Lipinski definition) is 2. The molecule has 1 aromatic carbocycles. The standard InChI is InChI=1S/C16H18N4O4/c1-24-12-4-2-11(3-5-12)20-8-6-19(7-9-20)10-13-14(21)17-16(23)18-15(13)22/h2-5,10H,6-9H2,1H3,(H2,17,18,21,22,23). The molecular weight excluding hydrogens is 312 g/mol. The van der Waals surface area contributed by atoms with E-state index in [1.807, 2.05) is 29.2 Å². The first-order valence-electron chi connectivity index (χ1n) is 7.58. The molecule has 0 saturated carbocycles. The molecule has 2 fully saturated rings. The Morgan fingerprint density at radius 1 is 0.958 bits per heavy atom. The average molecular weight is 330 g/mol. The molecule has 0 spiro atoms. The molecule has 3 rings (SSSR count). The van der Waals surface area contributed by atoms with Crippen molar-refractivity contribution in [3.63, 3.8) is 0 Å². The predicted octanol–water partition coefficient (Wildman–Crippen LogP) is 0.0671. The van der Waals surface area contributed by atoms with E-state index in [1.165, 1.54) is 6.20 Å². The van der Waals surface area contributed by atoms with Gasteiger partial charge in [-0.15, -0.1) is 0 Å². The number of urea groups is 1. The fourth-order valence-electron chi connectivity index (χ4n) is 2.68. The maximum Gasteiger partial charge on any atom is 0.328 e. The highest BCUT2D eigenvalue weighted by molar-refractivity contribution is 6.28. The lowest BCUT2D eigenvalue weighted by atomic mass is 10.2. The fourth-order valence-corrected chi connectivity index (χ4v) is 2.68. The highest BCUT2D eigenvalue weighted by atomic mass is 16.5. The average Bonchev–Trinajstić information content (AvgIpc) is 2.59. The van der Waals surface area contributed by atoms with E-state index in [2.05, 4.69) is 15.5 Å². The van der Waals surface area contributed by atoms with Crippen LogP contribution in [-0.2, 0) is 9.59 Å². The minimum Gasteiger partial charge on any atom is -0.497 e. The lowest BCUT2D eigenvalue weighted by molar-refractivity contribution is -0.124. The van der Waals surface area contributed by atoms with Crippen LogP contribution in [0, 0.1) is 0 Å². The summed E-state index contributed by atoms with van der Waals surface area (Å²) >= 11 is 0. The Labute approximate surface area is 139 Å². The summed E-state index contributed by atoms with van der Waals surface area (Å²) in [6.45, 7) is 2.87. The quantitative estimate of drug-likeness (QED) is 0.602. The van der Waals surface area contributed by atoms with Crippen molar-refractivity contribution in [1.29, 1.82) is 0 Å². The van der Waals surface area contributed by atoms with Crippen LogP contribution in [0.2, 0.25) is 0 Å². The number of imide groups is 2. The molecule has 4 amide bonds. The zero-order valence-electron chi connectivity index (χ0n) is 13.2. The van der Waals surface area contributed by atoms with Crippen LogP contribution in [0.1, 0.15) is 0 Å². The lowest BCUT2D eigenvalue weighted by Crippen LogP contribution is -2.52. The van der Waals surface area contributed by atoms with Gasteiger partial charge in [0, 0.05) is 38.1 Å². The number of piperazine rings is 1. The second-order valence-electron chi connectivity index (χ2n) is 5.50. The summed E-state index contributed by atoms with van der Waals surface area (Å²) in [6, 6.07) is 7.04. The zero-order chi connectivity index (χ0) is 17.1. The molecule has 8 heteroatoms. The van der Waals surface area contributed by atoms with Gasteiger partial charge in [-0.25, -0.2) is 4.79 Å². The van der Waals surface area contributed by atoms with E-state index in [0.29, 0.717) is 13.1 Å². The van der Waals surface area contributed by atoms with Crippen LogP contribution >= 0.6 is 0 Å². The van der Waals surface area contributed by atoms with Gasteiger partial charge in [0.1, 0.15) is 11.3 Å². The Morgan fingerprint density at radius 2 is 1.54 bits per heavy atom. The second-order valence-corrected chi connectivity index (χ2v) is 5.50. The lowest BCUT2D eigenvalue weighted by Gasteiger charge is -2.36. The topological polar surface area (TPSA) is 91.0 Å². The van der Waals surface area contributed by atoms with Gasteiger partial charge in [0.25, 0.3) is 11.8 Å². The predicted molar refractivity (Wildman–Crippen MR) is 86.5 cm³/mol. The molecular formula is C16H18N4O4. The van der Waals surface area contributed by atoms with E-state index >= 15 is 0 Å². The molecule has 0 radical (unpaired) electrons. The number of ether oxygens (including phenoxy) is 1. The molecule has 0 aliphatic carbocycles. The molecule has 2 aliphatic heterocycles. The van der Waals surface area contributed by atoms with Crippen molar-refractivity contribution in [2.75, 3.05) is 38.2 Å². The van der Waals surface area contributed by atoms with E-state index in [1.54, 1.807) is 7.11 Å². The van der Waals surface area contributed by atoms with Gasteiger partial charge in [-0.3, -0.25) is 20.2 Å². The number of methoxy groups -OCH3 is 1. The highest BCUT2D eigenvalue weighted by Gasteiger charge is 2.29. The van der Waals surface area contributed by atoms with Crippen LogP contribution in [0.3, 0.4) is 0 Å². The van der Waals surface area contributed by atoms with Crippen LogP contribution in [0.15, 0.2) is 36.0 Å². The van der Waals surface area contributed by atoms with Gasteiger partial charge in [0.2, 0.25) is 0 Å². The number of carbonyl (C=O) groups excluding carboxylic acids is 3. The van der Waals surface area contributed by atoms with E-state index in [4.69, 9.17) is 4.74 Å². The number of benzene rings is 1. The van der Waals surface area contributed by atoms with Crippen LogP contribution in [-0.4, -0.2) is 56.0 Å². The summed E-state index contributed by atoms with van der Waals surface area (Å²) in [4.78, 5) is 38.6. The molecule has 8 nitrogen and oxygen atoms in total. The number of amides is 4. The molecule has 24 heavy (non-hydrogen) atoms. The molecule has 126 valence electrons. The maximum atomic E-state index is 11.7. The number of rotatable bonds is 3. The monoisotopic (exact) mass is 330 g/mol. The summed E-state index contributed by atoms with van der Waals surface area (Å²) in [7, 11) is 1.63. The molecule has 2 saturated heterocycles. The number of carbonyl (C=O) groups is 3. The van der Waals surface area contributed by atoms with Crippen molar-refractivity contribution in [3.05, 3.63) is 36.0 Å². The molecule has 0 aromatic heterocycles. The summed E-state index contributed by atoms with van der Waals surface area (Å²) in [5.74, 6) is -0.520. The first-order chi connectivity index (χ1) is 11.6. The van der Waals surface area contributed by atoms with Crippen molar-refractivity contribution < 1.29 is 19.1 Å². The Kier molecular flexibility index (Phi) is 4.37. The molecule has 2 aliphatic rings. The van der Waals surface area contributed by atoms with Crippen LogP contribution in [0.5, 0.6) is 5.75 Å². The zero-order valence-corrected chi connectivity index (χ0v) is 13.2. The largest absolute Gasteiger partial charge is 0.497 e. The summed E-state index contributed by atoms with van der Waals surface area (Å²) in [5, 5.41) is 4.14. The highest BCUT2D eigenvalue weighted by Crippen LogP contribution is 2.20. The van der Waals surface area contributed by atoms with Crippen molar-refractivity contribution in [2.24, 2.45) is 0 Å². The Morgan fingerprint density at radius 3 is 2.08 bits per heavy atom. The minimum absolute atomic E-state index is 0.0486. The Balaban J connectivity index is 1.62. The first kappa shape index (κ1) is 15.9. The third-order valence-corrected chi connectivity index (χ3v) is 4.01. The second kappa shape index (κ2) is 6.61. The minimum atomic E-state index is -0.786. The van der Waals surface area contributed by atoms with Gasteiger partial charge in [0.15, 0.2) is 0 Å². The van der Waals surface area contributed by atoms with Gasteiger partial charge in [-0.1, -0.05) is 0 Å². The molecule has 0 bridgehead atoms. The summed E-state index contributed by atoms with van der Waals surface area (Å²) in [5.41, 5.74) is 1.05. The van der Waals surface area contributed by atoms with E-state index in [-0.39, 0.29) is 5.57 Å². The van der Waals surface area contributed by atoms with E-state index < -0.39 is 17.8 Å². The first-order valence-corrected chi connectivity index (χ1v) is 7.58. The van der Waals surface area contributed by atoms with E-state index in [9.17, 15) is 14.4 Å². The summed E-state index contributed by atoms with van der Waals surface area (Å²) < 4.78 is 5.15. The Hall–Kier alpha value is -3.03. The van der Waals surface area contributed by atoms with Crippen molar-refractivity contribution in [2.45, 2.75) is 0 Å². The smallest absolute Gasteiger partial charge is 0.328 e. The molecule has 2 heterocycles. The van der Waals surface area contributed by atoms with Gasteiger partial charge < -0.3 is 14.5 Å². The molecule has 1 aromatic rings. The van der Waals surface area contributed by atoms with E-state index in [0.717, 1.165) is 24.5 Å². The van der Waals surface area contributed by atoms with Crippen molar-refractivity contribution >= 4 is 23.5 Å². The Bertz CT molecular complexity index is 669. The summed E-state index contributed by atoms with van der Waals surface area (Å²) in [6.07, 6.45) is 1.52. The fraction of sp³-hybridized carbons (Fsp3) is 0.312. The van der Waals surface area contributed by atoms with Crippen LogP contribution in [0.25, 0.3) is 0 Å². The number of hydrogen-bond acceptors (Lipinski definition) is 6. The normalized spacial score (nSPS) is 18.2. The third-order valence-electron chi connectivity index (χ3n) is 4.01. The van der Waals surface area contributed by atoms with Crippen LogP contribution < -0.4 is 20.3 Å². The van der Waals surface area contributed by atoms with Crippen LogP contribution in [0.4, 0.5) is 10.5 Å². The molecule has 2 N–H and O–H groups in total. The van der Waals surface area contributed by atoms with Gasteiger partial charge in [-0.05, 0) is 24.3 Å². The van der Waals surface area contributed by atoms with Gasteiger partial charge in [0.05, 0.1) is 7.11 Å². The number of nitrogens with zero attached hydrogens (tertiary/aromatic N) is 2. The van der Waals surface area contributed by atoms with Gasteiger partial charge in [-0.2, -0.15) is 0 Å². The number of nitrogens with one attached hydrogen (secondary N) is 2.